The summed E-state index contributed by atoms with van der Waals surface area (Å²) in [6.45, 7) is 1.99. The second-order valence-corrected chi connectivity index (χ2v) is 7.46. The minimum atomic E-state index is -0.465. The van der Waals surface area contributed by atoms with E-state index in [1.807, 2.05) is 55.1 Å². The summed E-state index contributed by atoms with van der Waals surface area (Å²) in [6, 6.07) is 10.8. The topological polar surface area (TPSA) is 65.4 Å². The number of hydrogen-bond donors (Lipinski definition) is 1. The number of ether oxygens (including phenoxy) is 2. The molecule has 3 rings (SSSR count). The molecule has 7 heteroatoms. The third-order valence-corrected chi connectivity index (χ3v) is 5.97. The van der Waals surface area contributed by atoms with Crippen molar-refractivity contribution in [2.45, 2.75) is 13.0 Å². The van der Waals surface area contributed by atoms with E-state index in [0.717, 1.165) is 14.7 Å². The van der Waals surface area contributed by atoms with Gasteiger partial charge in [0.1, 0.15) is 23.4 Å². The molecule has 0 radical (unpaired) electrons. The molecular weight excluding hydrogens is 469 g/mol. The monoisotopic (exact) mass is 491 g/mol. The van der Waals surface area contributed by atoms with E-state index in [-0.39, 0.29) is 5.91 Å². The molecule has 0 aliphatic heterocycles. The SMILES string of the molecule is COc1cc(OC)cc(C(NC(=O)c2cccc(C)c2I)c2nccn2C)c1. The number of amides is 1. The summed E-state index contributed by atoms with van der Waals surface area (Å²) in [6.07, 6.45) is 3.56. The van der Waals surface area contributed by atoms with Crippen LogP contribution in [0.3, 0.4) is 0 Å². The van der Waals surface area contributed by atoms with Gasteiger partial charge < -0.3 is 19.4 Å². The number of carbonyl (C=O) groups is 1. The lowest BCUT2D eigenvalue weighted by atomic mass is 10.0. The molecule has 28 heavy (non-hydrogen) atoms. The molecule has 1 N–H and O–H groups in total. The number of nitrogens with one attached hydrogen (secondary N) is 1. The van der Waals surface area contributed by atoms with Gasteiger partial charge in [-0.15, -0.1) is 0 Å². The van der Waals surface area contributed by atoms with E-state index >= 15 is 0 Å². The number of rotatable bonds is 6. The highest BCUT2D eigenvalue weighted by molar-refractivity contribution is 14.1. The number of nitrogens with zero attached hydrogens (tertiary/aromatic N) is 2. The largest absolute Gasteiger partial charge is 0.497 e. The summed E-state index contributed by atoms with van der Waals surface area (Å²) >= 11 is 2.20. The molecule has 1 unspecified atom stereocenters. The molecule has 0 aliphatic carbocycles. The van der Waals surface area contributed by atoms with Crippen molar-refractivity contribution in [1.82, 2.24) is 14.9 Å². The van der Waals surface area contributed by atoms with Crippen LogP contribution < -0.4 is 14.8 Å². The second-order valence-electron chi connectivity index (χ2n) is 6.39. The van der Waals surface area contributed by atoms with Gasteiger partial charge >= 0.3 is 0 Å². The zero-order valence-electron chi connectivity index (χ0n) is 16.2. The second kappa shape index (κ2) is 8.64. The molecule has 1 amide bonds. The molecule has 146 valence electrons. The Hall–Kier alpha value is -2.55. The molecule has 3 aromatic rings. The minimum Gasteiger partial charge on any atom is -0.497 e. The lowest BCUT2D eigenvalue weighted by Gasteiger charge is -2.21. The van der Waals surface area contributed by atoms with Gasteiger partial charge in [0, 0.05) is 29.1 Å². The van der Waals surface area contributed by atoms with E-state index in [0.29, 0.717) is 22.9 Å². The number of aromatic nitrogens is 2. The van der Waals surface area contributed by atoms with Crippen LogP contribution >= 0.6 is 22.6 Å². The van der Waals surface area contributed by atoms with Gasteiger partial charge in [-0.1, -0.05) is 12.1 Å². The van der Waals surface area contributed by atoms with Crippen molar-refractivity contribution in [1.29, 1.82) is 0 Å². The lowest BCUT2D eigenvalue weighted by molar-refractivity contribution is 0.0940. The lowest BCUT2D eigenvalue weighted by Crippen LogP contribution is -2.31. The number of halogens is 1. The van der Waals surface area contributed by atoms with Gasteiger partial charge in [0.25, 0.3) is 5.91 Å². The van der Waals surface area contributed by atoms with Gasteiger partial charge in [-0.25, -0.2) is 4.98 Å². The van der Waals surface area contributed by atoms with Crippen LogP contribution in [0.5, 0.6) is 11.5 Å². The fourth-order valence-electron chi connectivity index (χ4n) is 2.98. The Balaban J connectivity index is 2.05. The van der Waals surface area contributed by atoms with E-state index in [2.05, 4.69) is 32.9 Å². The van der Waals surface area contributed by atoms with Crippen molar-refractivity contribution in [3.8, 4) is 11.5 Å². The Kier molecular flexibility index (Phi) is 6.23. The average Bonchev–Trinajstić information content (AvgIpc) is 3.13. The van der Waals surface area contributed by atoms with E-state index in [9.17, 15) is 4.79 Å². The van der Waals surface area contributed by atoms with Gasteiger partial charge in [0.15, 0.2) is 0 Å². The van der Waals surface area contributed by atoms with Gasteiger partial charge in [-0.2, -0.15) is 0 Å². The number of imidazole rings is 1. The molecule has 0 spiro atoms. The van der Waals surface area contributed by atoms with E-state index in [1.54, 1.807) is 26.5 Å². The molecule has 0 aliphatic rings. The molecular formula is C21H22IN3O3. The van der Waals surface area contributed by atoms with Crippen molar-refractivity contribution in [2.24, 2.45) is 7.05 Å². The average molecular weight is 491 g/mol. The summed E-state index contributed by atoms with van der Waals surface area (Å²) in [5.74, 6) is 1.84. The van der Waals surface area contributed by atoms with Crippen molar-refractivity contribution in [3.63, 3.8) is 0 Å². The van der Waals surface area contributed by atoms with Crippen molar-refractivity contribution < 1.29 is 14.3 Å². The molecule has 0 bridgehead atoms. The van der Waals surface area contributed by atoms with Crippen LogP contribution in [0.1, 0.15) is 33.4 Å². The summed E-state index contributed by atoms with van der Waals surface area (Å²) < 4.78 is 13.6. The van der Waals surface area contributed by atoms with Crippen molar-refractivity contribution >= 4 is 28.5 Å². The van der Waals surface area contributed by atoms with Crippen LogP contribution in [-0.2, 0) is 7.05 Å². The highest BCUT2D eigenvalue weighted by atomic mass is 127. The first-order chi connectivity index (χ1) is 13.4. The Morgan fingerprint density at radius 2 is 1.86 bits per heavy atom. The minimum absolute atomic E-state index is 0.164. The van der Waals surface area contributed by atoms with Crippen LogP contribution in [0.15, 0.2) is 48.8 Å². The Morgan fingerprint density at radius 3 is 2.43 bits per heavy atom. The quantitative estimate of drug-likeness (QED) is 0.532. The molecule has 2 aromatic carbocycles. The number of benzene rings is 2. The van der Waals surface area contributed by atoms with Crippen LogP contribution in [0.25, 0.3) is 0 Å². The van der Waals surface area contributed by atoms with E-state index in [4.69, 9.17) is 9.47 Å². The first-order valence-corrected chi connectivity index (χ1v) is 9.78. The van der Waals surface area contributed by atoms with Crippen LogP contribution in [-0.4, -0.2) is 29.7 Å². The first-order valence-electron chi connectivity index (χ1n) is 8.70. The van der Waals surface area contributed by atoms with Crippen LogP contribution in [0.2, 0.25) is 0 Å². The fraction of sp³-hybridized carbons (Fsp3) is 0.238. The molecule has 0 saturated carbocycles. The smallest absolute Gasteiger partial charge is 0.253 e. The number of hydrogen-bond acceptors (Lipinski definition) is 4. The van der Waals surface area contributed by atoms with Crippen molar-refractivity contribution in [2.75, 3.05) is 14.2 Å². The molecule has 6 nitrogen and oxygen atoms in total. The fourth-order valence-corrected chi connectivity index (χ4v) is 3.58. The maximum Gasteiger partial charge on any atom is 0.253 e. The summed E-state index contributed by atoms with van der Waals surface area (Å²) in [5, 5.41) is 3.13. The highest BCUT2D eigenvalue weighted by Gasteiger charge is 2.24. The van der Waals surface area contributed by atoms with Gasteiger partial charge in [-0.05, 0) is 58.8 Å². The summed E-state index contributed by atoms with van der Waals surface area (Å²) in [4.78, 5) is 17.6. The molecule has 1 heterocycles. The number of aryl methyl sites for hydroxylation is 2. The maximum absolute atomic E-state index is 13.1. The maximum atomic E-state index is 13.1. The standard InChI is InChI=1S/C21H22IN3O3/c1-13-6-5-7-17(18(13)22)21(26)24-19(20-23-8-9-25(20)2)14-10-15(27-3)12-16(11-14)28-4/h5-12,19H,1-4H3,(H,24,26). The van der Waals surface area contributed by atoms with Crippen LogP contribution in [0, 0.1) is 10.5 Å². The van der Waals surface area contributed by atoms with Gasteiger partial charge in [0.2, 0.25) is 0 Å². The summed E-state index contributed by atoms with van der Waals surface area (Å²) in [7, 11) is 5.10. The van der Waals surface area contributed by atoms with E-state index < -0.39 is 6.04 Å². The number of carbonyl (C=O) groups excluding carboxylic acids is 1. The Bertz CT molecular complexity index is 978. The first kappa shape index (κ1) is 20.2. The normalized spacial score (nSPS) is 11.8. The molecule has 1 atom stereocenters. The zero-order chi connectivity index (χ0) is 20.3. The molecule has 0 fully saturated rings. The number of methoxy groups -OCH3 is 2. The Morgan fingerprint density at radius 1 is 1.18 bits per heavy atom. The summed E-state index contributed by atoms with van der Waals surface area (Å²) in [5.41, 5.74) is 2.51. The van der Waals surface area contributed by atoms with Gasteiger partial charge in [-0.3, -0.25) is 4.79 Å². The van der Waals surface area contributed by atoms with Gasteiger partial charge in [0.05, 0.1) is 19.8 Å². The third kappa shape index (κ3) is 4.14. The third-order valence-electron chi connectivity index (χ3n) is 4.54. The van der Waals surface area contributed by atoms with E-state index in [1.165, 1.54) is 0 Å². The zero-order valence-corrected chi connectivity index (χ0v) is 18.4. The predicted molar refractivity (Wildman–Crippen MR) is 116 cm³/mol. The highest BCUT2D eigenvalue weighted by Crippen LogP contribution is 2.30. The van der Waals surface area contributed by atoms with Crippen LogP contribution in [0.4, 0.5) is 0 Å². The molecule has 0 saturated heterocycles. The predicted octanol–water partition coefficient (Wildman–Crippen LogP) is 3.87. The molecule has 1 aromatic heterocycles. The Labute approximate surface area is 178 Å². The van der Waals surface area contributed by atoms with Crippen molar-refractivity contribution in [3.05, 3.63) is 74.9 Å².